The molecule has 0 atom stereocenters. The van der Waals surface area contributed by atoms with Gasteiger partial charge in [0, 0.05) is 5.69 Å². The van der Waals surface area contributed by atoms with Gasteiger partial charge in [0.2, 0.25) is 0 Å². The molecular weight excluding hydrogens is 355 g/mol. The van der Waals surface area contributed by atoms with Crippen molar-refractivity contribution in [3.63, 3.8) is 0 Å². The summed E-state index contributed by atoms with van der Waals surface area (Å²) in [6, 6.07) is 8.74. The van der Waals surface area contributed by atoms with Crippen molar-refractivity contribution in [3.8, 4) is 5.75 Å². The highest BCUT2D eigenvalue weighted by atomic mass is 32.2. The summed E-state index contributed by atoms with van der Waals surface area (Å²) in [6.45, 7) is 3.80. The summed E-state index contributed by atoms with van der Waals surface area (Å²) in [7, 11) is -2.79. The highest BCUT2D eigenvalue weighted by Crippen LogP contribution is 2.33. The maximum Gasteiger partial charge on any atom is 0.416 e. The van der Waals surface area contributed by atoms with E-state index in [9.17, 15) is 21.6 Å². The molecule has 136 valence electrons. The number of methoxy groups -OCH3 is 1. The first-order chi connectivity index (χ1) is 11.5. The molecule has 0 aromatic heterocycles. The molecule has 0 aliphatic heterocycles. The molecule has 0 unspecified atom stereocenters. The summed E-state index contributed by atoms with van der Waals surface area (Å²) in [5, 5.41) is 0. The maximum absolute atomic E-state index is 12.8. The molecule has 0 saturated heterocycles. The molecule has 0 aliphatic carbocycles. The van der Waals surface area contributed by atoms with E-state index in [-0.39, 0.29) is 22.3 Å². The van der Waals surface area contributed by atoms with Crippen molar-refractivity contribution in [2.24, 2.45) is 0 Å². The SMILES string of the molecule is COc1ccc(C(C)C)cc1S(=O)(=O)Nc1cccc(C(F)(F)F)c1. The topological polar surface area (TPSA) is 55.4 Å². The van der Waals surface area contributed by atoms with Crippen LogP contribution in [0.2, 0.25) is 0 Å². The zero-order valence-electron chi connectivity index (χ0n) is 13.9. The summed E-state index contributed by atoms with van der Waals surface area (Å²) in [6.07, 6.45) is -4.56. The Labute approximate surface area is 144 Å². The van der Waals surface area contributed by atoms with E-state index in [4.69, 9.17) is 4.74 Å². The van der Waals surface area contributed by atoms with Crippen molar-refractivity contribution in [2.45, 2.75) is 30.8 Å². The van der Waals surface area contributed by atoms with Crippen molar-refractivity contribution < 1.29 is 26.3 Å². The fourth-order valence-corrected chi connectivity index (χ4v) is 3.49. The largest absolute Gasteiger partial charge is 0.495 e. The van der Waals surface area contributed by atoms with Gasteiger partial charge >= 0.3 is 6.18 Å². The number of hydrogen-bond donors (Lipinski definition) is 1. The van der Waals surface area contributed by atoms with E-state index in [0.29, 0.717) is 0 Å². The molecule has 8 heteroatoms. The third-order valence-electron chi connectivity index (χ3n) is 3.59. The molecule has 0 aliphatic rings. The van der Waals surface area contributed by atoms with Gasteiger partial charge in [-0.25, -0.2) is 8.42 Å². The van der Waals surface area contributed by atoms with Gasteiger partial charge in [0.05, 0.1) is 12.7 Å². The molecule has 2 rings (SSSR count). The predicted octanol–water partition coefficient (Wildman–Crippen LogP) is 4.64. The Morgan fingerprint density at radius 2 is 1.76 bits per heavy atom. The summed E-state index contributed by atoms with van der Waals surface area (Å²) in [5.41, 5.74) is -0.340. The Bertz CT molecular complexity index is 862. The van der Waals surface area contributed by atoms with Crippen LogP contribution in [0.4, 0.5) is 18.9 Å². The monoisotopic (exact) mass is 373 g/mol. The fourth-order valence-electron chi connectivity index (χ4n) is 2.23. The van der Waals surface area contributed by atoms with E-state index in [1.807, 2.05) is 13.8 Å². The van der Waals surface area contributed by atoms with Crippen LogP contribution in [-0.2, 0) is 16.2 Å². The van der Waals surface area contributed by atoms with Crippen molar-refractivity contribution in [1.29, 1.82) is 0 Å². The number of halogens is 3. The van der Waals surface area contributed by atoms with Gasteiger partial charge in [-0.05, 0) is 41.8 Å². The Morgan fingerprint density at radius 1 is 1.08 bits per heavy atom. The number of nitrogens with one attached hydrogen (secondary N) is 1. The lowest BCUT2D eigenvalue weighted by atomic mass is 10.0. The Morgan fingerprint density at radius 3 is 2.32 bits per heavy atom. The molecule has 25 heavy (non-hydrogen) atoms. The minimum absolute atomic E-state index is 0.0772. The summed E-state index contributed by atoms with van der Waals surface area (Å²) in [5.74, 6) is 0.192. The molecule has 0 spiro atoms. The minimum Gasteiger partial charge on any atom is -0.495 e. The number of benzene rings is 2. The zero-order chi connectivity index (χ0) is 18.8. The molecule has 0 saturated carbocycles. The van der Waals surface area contributed by atoms with Gasteiger partial charge in [-0.2, -0.15) is 13.2 Å². The van der Waals surface area contributed by atoms with Gasteiger partial charge in [-0.1, -0.05) is 26.0 Å². The fraction of sp³-hybridized carbons (Fsp3) is 0.294. The number of ether oxygens (including phenoxy) is 1. The second kappa shape index (κ2) is 6.95. The first kappa shape index (κ1) is 19.1. The molecule has 4 nitrogen and oxygen atoms in total. The van der Waals surface area contributed by atoms with Crippen LogP contribution < -0.4 is 9.46 Å². The van der Waals surface area contributed by atoms with Crippen LogP contribution in [0.25, 0.3) is 0 Å². The maximum atomic E-state index is 12.8. The van der Waals surface area contributed by atoms with Crippen LogP contribution in [0.3, 0.4) is 0 Å². The van der Waals surface area contributed by atoms with Crippen molar-refractivity contribution in [3.05, 3.63) is 53.6 Å². The van der Waals surface area contributed by atoms with Gasteiger partial charge in [0.1, 0.15) is 10.6 Å². The third kappa shape index (κ3) is 4.45. The highest BCUT2D eigenvalue weighted by Gasteiger charge is 2.31. The van der Waals surface area contributed by atoms with Crippen LogP contribution >= 0.6 is 0 Å². The summed E-state index contributed by atoms with van der Waals surface area (Å²) >= 11 is 0. The average Bonchev–Trinajstić information content (AvgIpc) is 2.53. The number of sulfonamides is 1. The second-order valence-electron chi connectivity index (χ2n) is 5.75. The Kier molecular flexibility index (Phi) is 5.31. The molecule has 0 heterocycles. The van der Waals surface area contributed by atoms with Crippen molar-refractivity contribution in [2.75, 3.05) is 11.8 Å². The average molecular weight is 373 g/mol. The summed E-state index contributed by atoms with van der Waals surface area (Å²) in [4.78, 5) is -0.126. The molecule has 2 aromatic rings. The van der Waals surface area contributed by atoms with Crippen molar-refractivity contribution >= 4 is 15.7 Å². The van der Waals surface area contributed by atoms with Gasteiger partial charge in [0.15, 0.2) is 0 Å². The van der Waals surface area contributed by atoms with E-state index >= 15 is 0 Å². The van der Waals surface area contributed by atoms with Crippen LogP contribution in [0, 0.1) is 0 Å². The van der Waals surface area contributed by atoms with Gasteiger partial charge in [0.25, 0.3) is 10.0 Å². The van der Waals surface area contributed by atoms with E-state index in [2.05, 4.69) is 4.72 Å². The molecular formula is C17H18F3NO3S. The molecule has 0 fully saturated rings. The highest BCUT2D eigenvalue weighted by molar-refractivity contribution is 7.92. The van der Waals surface area contributed by atoms with E-state index in [0.717, 1.165) is 23.8 Å². The third-order valence-corrected chi connectivity index (χ3v) is 4.99. The lowest BCUT2D eigenvalue weighted by Crippen LogP contribution is -2.15. The first-order valence-corrected chi connectivity index (χ1v) is 8.91. The van der Waals surface area contributed by atoms with Gasteiger partial charge in [-0.3, -0.25) is 4.72 Å². The van der Waals surface area contributed by atoms with Crippen LogP contribution in [0.15, 0.2) is 47.4 Å². The Balaban J connectivity index is 2.45. The standard InChI is InChI=1S/C17H18F3NO3S/c1-11(2)12-7-8-15(24-3)16(9-12)25(22,23)21-14-6-4-5-13(10-14)17(18,19)20/h4-11,21H,1-3H3. The second-order valence-corrected chi connectivity index (χ2v) is 7.40. The van der Waals surface area contributed by atoms with Gasteiger partial charge in [-0.15, -0.1) is 0 Å². The number of anilines is 1. The smallest absolute Gasteiger partial charge is 0.416 e. The molecule has 1 N–H and O–H groups in total. The van der Waals surface area contributed by atoms with Gasteiger partial charge < -0.3 is 4.74 Å². The lowest BCUT2D eigenvalue weighted by molar-refractivity contribution is -0.137. The minimum atomic E-state index is -4.56. The van der Waals surface area contributed by atoms with E-state index in [1.165, 1.54) is 25.3 Å². The number of hydrogen-bond acceptors (Lipinski definition) is 3. The first-order valence-electron chi connectivity index (χ1n) is 7.42. The van der Waals surface area contributed by atoms with E-state index in [1.54, 1.807) is 6.07 Å². The number of rotatable bonds is 5. The van der Waals surface area contributed by atoms with Crippen LogP contribution in [0.1, 0.15) is 30.9 Å². The quantitative estimate of drug-likeness (QED) is 0.831. The van der Waals surface area contributed by atoms with Crippen molar-refractivity contribution in [1.82, 2.24) is 0 Å². The molecule has 0 radical (unpaired) electrons. The van der Waals surface area contributed by atoms with E-state index < -0.39 is 21.8 Å². The zero-order valence-corrected chi connectivity index (χ0v) is 14.7. The summed E-state index contributed by atoms with van der Waals surface area (Å²) < 4.78 is 70.9. The van der Waals surface area contributed by atoms with Crippen LogP contribution in [-0.4, -0.2) is 15.5 Å². The number of alkyl halides is 3. The molecule has 0 bridgehead atoms. The Hall–Kier alpha value is -2.22. The van der Waals surface area contributed by atoms with Crippen LogP contribution in [0.5, 0.6) is 5.75 Å². The lowest BCUT2D eigenvalue weighted by Gasteiger charge is -2.15. The normalized spacial score (nSPS) is 12.3. The molecule has 2 aromatic carbocycles. The molecule has 0 amide bonds. The predicted molar refractivity (Wildman–Crippen MR) is 89.3 cm³/mol.